The summed E-state index contributed by atoms with van der Waals surface area (Å²) in [7, 11) is 0.898. The topological polar surface area (TPSA) is 73.6 Å². The highest BCUT2D eigenvalue weighted by Crippen LogP contribution is 2.49. The Morgan fingerprint density at radius 1 is 1.25 bits per heavy atom. The fourth-order valence-corrected chi connectivity index (χ4v) is 3.69. The number of benzene rings is 1. The highest BCUT2D eigenvalue weighted by Gasteiger charge is 2.34. The minimum Gasteiger partial charge on any atom is -0.507 e. The van der Waals surface area contributed by atoms with Crippen molar-refractivity contribution < 1.29 is 18.7 Å². The fourth-order valence-electron chi connectivity index (χ4n) is 2.21. The largest absolute Gasteiger partial charge is 0.507 e. The molecular weight excluding hydrogens is 279 g/mol. The van der Waals surface area contributed by atoms with Crippen LogP contribution in [0.25, 0.3) is 11.3 Å². The standard InChI is InChI=1S/C13H17N2O4P/c1-9-13(20(17,18-3)19-4)12(15(2)14-9)10-7-5-6-8-11(10)16/h5-8,16H,1-4H3. The van der Waals surface area contributed by atoms with E-state index in [2.05, 4.69) is 5.10 Å². The van der Waals surface area contributed by atoms with E-state index < -0.39 is 7.60 Å². The van der Waals surface area contributed by atoms with E-state index in [1.807, 2.05) is 0 Å². The van der Waals surface area contributed by atoms with Gasteiger partial charge in [0.15, 0.2) is 0 Å². The van der Waals surface area contributed by atoms with Crippen LogP contribution in [-0.2, 0) is 20.7 Å². The Bertz CT molecular complexity index is 673. The minimum absolute atomic E-state index is 0.0792. The van der Waals surface area contributed by atoms with Gasteiger partial charge in [0.25, 0.3) is 0 Å². The second-order valence-corrected chi connectivity index (χ2v) is 6.46. The molecule has 0 unspecified atom stereocenters. The lowest BCUT2D eigenvalue weighted by Crippen LogP contribution is -2.13. The van der Waals surface area contributed by atoms with Crippen molar-refractivity contribution in [3.63, 3.8) is 0 Å². The molecule has 0 aliphatic rings. The van der Waals surface area contributed by atoms with Gasteiger partial charge in [0.1, 0.15) is 11.1 Å². The van der Waals surface area contributed by atoms with Gasteiger partial charge in [-0.1, -0.05) is 12.1 Å². The Morgan fingerprint density at radius 3 is 2.40 bits per heavy atom. The maximum atomic E-state index is 12.7. The van der Waals surface area contributed by atoms with Gasteiger partial charge in [-0.3, -0.25) is 9.25 Å². The van der Waals surface area contributed by atoms with Crippen molar-refractivity contribution in [3.8, 4) is 17.0 Å². The lowest BCUT2D eigenvalue weighted by molar-refractivity contribution is 0.287. The molecule has 0 saturated carbocycles. The van der Waals surface area contributed by atoms with Crippen LogP contribution in [0.1, 0.15) is 5.69 Å². The molecule has 2 aromatic rings. The molecule has 0 amide bonds. The second-order valence-electron chi connectivity index (χ2n) is 4.29. The van der Waals surface area contributed by atoms with Crippen LogP contribution in [0.5, 0.6) is 5.75 Å². The highest BCUT2D eigenvalue weighted by molar-refractivity contribution is 7.62. The Hall–Kier alpha value is -1.62. The summed E-state index contributed by atoms with van der Waals surface area (Å²) < 4.78 is 24.4. The van der Waals surface area contributed by atoms with Crippen LogP contribution in [0.4, 0.5) is 0 Å². The summed E-state index contributed by atoms with van der Waals surface area (Å²) in [6, 6.07) is 6.79. The maximum Gasteiger partial charge on any atom is 0.364 e. The van der Waals surface area contributed by atoms with Gasteiger partial charge >= 0.3 is 7.60 Å². The lowest BCUT2D eigenvalue weighted by Gasteiger charge is -2.16. The number of hydrogen-bond donors (Lipinski definition) is 1. The Labute approximate surface area is 117 Å². The molecule has 0 fully saturated rings. The van der Waals surface area contributed by atoms with Crippen molar-refractivity contribution >= 4 is 12.9 Å². The van der Waals surface area contributed by atoms with Crippen molar-refractivity contribution in [1.29, 1.82) is 0 Å². The van der Waals surface area contributed by atoms with E-state index in [0.717, 1.165) is 0 Å². The quantitative estimate of drug-likeness (QED) is 0.876. The van der Waals surface area contributed by atoms with Gasteiger partial charge in [0.2, 0.25) is 0 Å². The van der Waals surface area contributed by atoms with Crippen LogP contribution in [-0.4, -0.2) is 29.1 Å². The molecule has 1 aromatic heterocycles. The summed E-state index contributed by atoms with van der Waals surface area (Å²) in [5, 5.41) is 14.7. The third-order valence-electron chi connectivity index (χ3n) is 3.10. The number of hydrogen-bond acceptors (Lipinski definition) is 5. The second kappa shape index (κ2) is 5.40. The SMILES string of the molecule is COP(=O)(OC)c1c(C)nn(C)c1-c1ccccc1O. The number of rotatable bonds is 4. The number of phenols is 1. The maximum absolute atomic E-state index is 12.7. The van der Waals surface area contributed by atoms with Crippen molar-refractivity contribution in [2.75, 3.05) is 14.2 Å². The van der Waals surface area contributed by atoms with Crippen LogP contribution in [0, 0.1) is 6.92 Å². The predicted molar refractivity (Wildman–Crippen MR) is 76.3 cm³/mol. The number of para-hydroxylation sites is 1. The van der Waals surface area contributed by atoms with Crippen molar-refractivity contribution in [3.05, 3.63) is 30.0 Å². The molecule has 1 aromatic carbocycles. The lowest BCUT2D eigenvalue weighted by atomic mass is 10.1. The molecule has 20 heavy (non-hydrogen) atoms. The fraction of sp³-hybridized carbons (Fsp3) is 0.308. The van der Waals surface area contributed by atoms with Crippen LogP contribution < -0.4 is 5.30 Å². The third kappa shape index (κ3) is 2.26. The number of aromatic hydroxyl groups is 1. The summed E-state index contributed by atoms with van der Waals surface area (Å²) in [4.78, 5) is 0. The van der Waals surface area contributed by atoms with E-state index in [0.29, 0.717) is 22.3 Å². The highest BCUT2D eigenvalue weighted by atomic mass is 31.2. The first kappa shape index (κ1) is 14.8. The van der Waals surface area contributed by atoms with E-state index in [4.69, 9.17) is 9.05 Å². The molecule has 0 aliphatic carbocycles. The molecule has 0 bridgehead atoms. The zero-order valence-corrected chi connectivity index (χ0v) is 12.7. The van der Waals surface area contributed by atoms with E-state index in [9.17, 15) is 9.67 Å². The molecule has 6 nitrogen and oxygen atoms in total. The average Bonchev–Trinajstić information content (AvgIpc) is 2.74. The molecule has 2 rings (SSSR count). The monoisotopic (exact) mass is 296 g/mol. The zero-order chi connectivity index (χ0) is 14.9. The summed E-state index contributed by atoms with van der Waals surface area (Å²) in [5.74, 6) is 0.0792. The van der Waals surface area contributed by atoms with Gasteiger partial charge < -0.3 is 14.2 Å². The summed E-state index contributed by atoms with van der Waals surface area (Å²) in [5.41, 5.74) is 1.59. The molecular formula is C13H17N2O4P. The van der Waals surface area contributed by atoms with Gasteiger partial charge in [-0.15, -0.1) is 0 Å². The Balaban J connectivity index is 2.79. The molecule has 0 aliphatic heterocycles. The molecule has 0 radical (unpaired) electrons. The molecule has 0 atom stereocenters. The summed E-state index contributed by atoms with van der Waals surface area (Å²) in [6.07, 6.45) is 0. The molecule has 1 heterocycles. The van der Waals surface area contributed by atoms with Crippen LogP contribution in [0.2, 0.25) is 0 Å². The number of phenolic OH excluding ortho intramolecular Hbond substituents is 1. The van der Waals surface area contributed by atoms with E-state index in [1.165, 1.54) is 14.2 Å². The Kier molecular flexibility index (Phi) is 3.99. The third-order valence-corrected chi connectivity index (χ3v) is 5.15. The predicted octanol–water partition coefficient (Wildman–Crippen LogP) is 2.21. The first-order valence-electron chi connectivity index (χ1n) is 5.98. The van der Waals surface area contributed by atoms with Crippen molar-refractivity contribution in [2.24, 2.45) is 7.05 Å². The van der Waals surface area contributed by atoms with Gasteiger partial charge in [-0.25, -0.2) is 0 Å². The Morgan fingerprint density at radius 2 is 1.85 bits per heavy atom. The molecule has 0 saturated heterocycles. The molecule has 108 valence electrons. The first-order chi connectivity index (χ1) is 9.44. The smallest absolute Gasteiger partial charge is 0.364 e. The van der Waals surface area contributed by atoms with Crippen LogP contribution in [0.3, 0.4) is 0 Å². The van der Waals surface area contributed by atoms with Crippen molar-refractivity contribution in [2.45, 2.75) is 6.92 Å². The van der Waals surface area contributed by atoms with E-state index in [1.54, 1.807) is 42.9 Å². The number of aromatic nitrogens is 2. The van der Waals surface area contributed by atoms with Crippen LogP contribution >= 0.6 is 7.60 Å². The van der Waals surface area contributed by atoms with Gasteiger partial charge in [0.05, 0.1) is 11.4 Å². The number of aryl methyl sites for hydroxylation is 2. The normalized spacial score (nSPS) is 11.8. The van der Waals surface area contributed by atoms with Gasteiger partial charge in [-0.2, -0.15) is 5.10 Å². The first-order valence-corrected chi connectivity index (χ1v) is 7.53. The van der Waals surface area contributed by atoms with Crippen LogP contribution in [0.15, 0.2) is 24.3 Å². The van der Waals surface area contributed by atoms with Gasteiger partial charge in [-0.05, 0) is 19.1 Å². The summed E-state index contributed by atoms with van der Waals surface area (Å²) >= 11 is 0. The molecule has 0 spiro atoms. The minimum atomic E-state index is -3.47. The van der Waals surface area contributed by atoms with E-state index in [-0.39, 0.29) is 5.75 Å². The van der Waals surface area contributed by atoms with Crippen molar-refractivity contribution in [1.82, 2.24) is 9.78 Å². The number of nitrogens with zero attached hydrogens (tertiary/aromatic N) is 2. The average molecular weight is 296 g/mol. The molecule has 1 N–H and O–H groups in total. The zero-order valence-electron chi connectivity index (χ0n) is 11.8. The van der Waals surface area contributed by atoms with Gasteiger partial charge in [0, 0.05) is 26.8 Å². The summed E-state index contributed by atoms with van der Waals surface area (Å²) in [6.45, 7) is 1.73. The van der Waals surface area contributed by atoms with E-state index >= 15 is 0 Å². The molecule has 7 heteroatoms.